The smallest absolute Gasteiger partial charge is 0.228 e. The van der Waals surface area contributed by atoms with Gasteiger partial charge in [0.25, 0.3) is 0 Å². The summed E-state index contributed by atoms with van der Waals surface area (Å²) in [5.74, 6) is 1.21. The van der Waals surface area contributed by atoms with Crippen LogP contribution in [0.2, 0.25) is 0 Å². The summed E-state index contributed by atoms with van der Waals surface area (Å²) in [7, 11) is 0. The van der Waals surface area contributed by atoms with Gasteiger partial charge in [0.05, 0.1) is 17.1 Å². The molecule has 0 saturated carbocycles. The van der Waals surface area contributed by atoms with E-state index in [1.807, 2.05) is 10.3 Å². The fourth-order valence-corrected chi connectivity index (χ4v) is 4.19. The predicted octanol–water partition coefficient (Wildman–Crippen LogP) is 4.28. The molecule has 0 atom stereocenters. The number of carbonyl (C=O) groups is 1. The molecule has 1 aliphatic rings. The van der Waals surface area contributed by atoms with Crippen LogP contribution in [-0.4, -0.2) is 46.9 Å². The Labute approximate surface area is 167 Å². The summed E-state index contributed by atoms with van der Waals surface area (Å²) in [4.78, 5) is 21.6. The van der Waals surface area contributed by atoms with Crippen molar-refractivity contribution in [2.45, 2.75) is 52.5 Å². The van der Waals surface area contributed by atoms with Gasteiger partial charge >= 0.3 is 0 Å². The molecule has 0 N–H and O–H groups in total. The molecule has 5 heteroatoms. The zero-order valence-corrected chi connectivity index (χ0v) is 17.8. The summed E-state index contributed by atoms with van der Waals surface area (Å²) in [6, 6.07) is 8.95. The molecule has 0 bridgehead atoms. The Balaban J connectivity index is 1.47. The van der Waals surface area contributed by atoms with Crippen LogP contribution in [0.15, 0.2) is 29.6 Å². The number of piperazine rings is 1. The minimum absolute atomic E-state index is 0.205. The highest BCUT2D eigenvalue weighted by atomic mass is 32.1. The van der Waals surface area contributed by atoms with E-state index in [-0.39, 0.29) is 5.91 Å². The maximum Gasteiger partial charge on any atom is 0.228 e. The van der Waals surface area contributed by atoms with E-state index in [4.69, 9.17) is 0 Å². The minimum atomic E-state index is 0.205. The average Bonchev–Trinajstić information content (AvgIpc) is 3.11. The number of aromatic nitrogens is 1. The van der Waals surface area contributed by atoms with Gasteiger partial charge in [-0.1, -0.05) is 52.0 Å². The minimum Gasteiger partial charge on any atom is -0.340 e. The molecule has 0 radical (unpaired) electrons. The first kappa shape index (κ1) is 20.0. The van der Waals surface area contributed by atoms with Crippen molar-refractivity contribution < 1.29 is 4.79 Å². The van der Waals surface area contributed by atoms with Crippen LogP contribution in [-0.2, 0) is 17.8 Å². The lowest BCUT2D eigenvalue weighted by Crippen LogP contribution is -2.48. The monoisotopic (exact) mass is 385 g/mol. The summed E-state index contributed by atoms with van der Waals surface area (Å²) in [5.41, 5.74) is 3.65. The number of benzene rings is 1. The van der Waals surface area contributed by atoms with Crippen LogP contribution in [0.3, 0.4) is 0 Å². The van der Waals surface area contributed by atoms with E-state index < -0.39 is 0 Å². The molecule has 0 unspecified atom stereocenters. The van der Waals surface area contributed by atoms with Crippen molar-refractivity contribution in [2.75, 3.05) is 26.2 Å². The molecular weight excluding hydrogens is 354 g/mol. The van der Waals surface area contributed by atoms with E-state index in [2.05, 4.69) is 61.8 Å². The summed E-state index contributed by atoms with van der Waals surface area (Å²) < 4.78 is 0. The van der Waals surface area contributed by atoms with Gasteiger partial charge in [0.1, 0.15) is 0 Å². The van der Waals surface area contributed by atoms with E-state index >= 15 is 0 Å². The van der Waals surface area contributed by atoms with Crippen LogP contribution in [0.1, 0.15) is 61.4 Å². The van der Waals surface area contributed by atoms with Gasteiger partial charge in [0.2, 0.25) is 5.91 Å². The normalized spacial score (nSPS) is 15.7. The molecule has 1 saturated heterocycles. The van der Waals surface area contributed by atoms with Gasteiger partial charge in [-0.05, 0) is 17.0 Å². The van der Waals surface area contributed by atoms with Gasteiger partial charge in [-0.25, -0.2) is 4.98 Å². The number of nitrogens with zero attached hydrogens (tertiary/aromatic N) is 3. The molecular formula is C22H31N3OS. The van der Waals surface area contributed by atoms with Gasteiger partial charge in [0.15, 0.2) is 0 Å². The van der Waals surface area contributed by atoms with Crippen molar-refractivity contribution in [2.24, 2.45) is 0 Å². The van der Waals surface area contributed by atoms with Crippen molar-refractivity contribution in [3.8, 4) is 0 Å². The maximum absolute atomic E-state index is 12.6. The highest BCUT2D eigenvalue weighted by molar-refractivity contribution is 7.09. The summed E-state index contributed by atoms with van der Waals surface area (Å²) in [5, 5.41) is 3.15. The quantitative estimate of drug-likeness (QED) is 0.745. The molecule has 1 aliphatic heterocycles. The second kappa shape index (κ2) is 8.98. The van der Waals surface area contributed by atoms with Crippen LogP contribution in [0, 0.1) is 0 Å². The Morgan fingerprint density at radius 2 is 1.70 bits per heavy atom. The maximum atomic E-state index is 12.6. The standard InChI is InChI=1S/C22H31N3OS/c1-16(2)19-7-5-18(6-8-19)14-24-9-11-25(12-10-24)21(26)13-20-15-27-22(23-20)17(3)4/h5-8,15-17H,9-14H2,1-4H3. The van der Waals surface area contributed by atoms with Crippen LogP contribution in [0.25, 0.3) is 0 Å². The first-order chi connectivity index (χ1) is 12.9. The Kier molecular flexibility index (Phi) is 6.66. The van der Waals surface area contributed by atoms with Crippen molar-refractivity contribution in [3.05, 3.63) is 51.5 Å². The van der Waals surface area contributed by atoms with Crippen LogP contribution in [0.4, 0.5) is 0 Å². The van der Waals surface area contributed by atoms with E-state index in [9.17, 15) is 4.79 Å². The van der Waals surface area contributed by atoms with Crippen molar-refractivity contribution in [3.63, 3.8) is 0 Å². The largest absolute Gasteiger partial charge is 0.340 e. The fraction of sp³-hybridized carbons (Fsp3) is 0.545. The summed E-state index contributed by atoms with van der Waals surface area (Å²) in [6.45, 7) is 13.2. The topological polar surface area (TPSA) is 36.4 Å². The molecule has 2 heterocycles. The van der Waals surface area contributed by atoms with E-state index in [0.29, 0.717) is 18.3 Å². The molecule has 2 aromatic rings. The third kappa shape index (κ3) is 5.39. The Bertz CT molecular complexity index is 743. The molecule has 1 aromatic carbocycles. The third-order valence-electron chi connectivity index (χ3n) is 5.17. The van der Waals surface area contributed by atoms with E-state index in [1.54, 1.807) is 11.3 Å². The molecule has 1 amide bonds. The van der Waals surface area contributed by atoms with Gasteiger partial charge in [0, 0.05) is 44.0 Å². The second-order valence-corrected chi connectivity index (χ2v) is 8.95. The number of thiazole rings is 1. The SMILES string of the molecule is CC(C)c1ccc(CN2CCN(C(=O)Cc3csc(C(C)C)n3)CC2)cc1. The molecule has 1 fully saturated rings. The number of rotatable bonds is 6. The van der Waals surface area contributed by atoms with E-state index in [1.165, 1.54) is 11.1 Å². The highest BCUT2D eigenvalue weighted by Gasteiger charge is 2.22. The lowest BCUT2D eigenvalue weighted by atomic mass is 10.0. The number of carbonyl (C=O) groups excluding carboxylic acids is 1. The van der Waals surface area contributed by atoms with Crippen LogP contribution >= 0.6 is 11.3 Å². The van der Waals surface area contributed by atoms with Crippen LogP contribution < -0.4 is 0 Å². The molecule has 1 aromatic heterocycles. The molecule has 3 rings (SSSR count). The number of hydrogen-bond acceptors (Lipinski definition) is 4. The lowest BCUT2D eigenvalue weighted by molar-refractivity contribution is -0.132. The van der Waals surface area contributed by atoms with Gasteiger partial charge in [-0.15, -0.1) is 11.3 Å². The van der Waals surface area contributed by atoms with E-state index in [0.717, 1.165) is 43.4 Å². The summed E-state index contributed by atoms with van der Waals surface area (Å²) in [6.07, 6.45) is 0.430. The number of hydrogen-bond donors (Lipinski definition) is 0. The van der Waals surface area contributed by atoms with Gasteiger partial charge < -0.3 is 4.90 Å². The Morgan fingerprint density at radius 3 is 2.26 bits per heavy atom. The average molecular weight is 386 g/mol. The van der Waals surface area contributed by atoms with Gasteiger partial charge in [-0.3, -0.25) is 9.69 Å². The predicted molar refractivity (Wildman–Crippen MR) is 112 cm³/mol. The molecule has 0 spiro atoms. The van der Waals surface area contributed by atoms with Crippen molar-refractivity contribution in [1.82, 2.24) is 14.8 Å². The van der Waals surface area contributed by atoms with Crippen molar-refractivity contribution in [1.29, 1.82) is 0 Å². The lowest BCUT2D eigenvalue weighted by Gasteiger charge is -2.34. The first-order valence-electron chi connectivity index (χ1n) is 9.95. The fourth-order valence-electron chi connectivity index (χ4n) is 3.36. The Hall–Kier alpha value is -1.72. The zero-order chi connectivity index (χ0) is 19.4. The highest BCUT2D eigenvalue weighted by Crippen LogP contribution is 2.20. The molecule has 0 aliphatic carbocycles. The third-order valence-corrected chi connectivity index (χ3v) is 6.37. The van der Waals surface area contributed by atoms with Crippen molar-refractivity contribution >= 4 is 17.2 Å². The molecule has 27 heavy (non-hydrogen) atoms. The molecule has 146 valence electrons. The van der Waals surface area contributed by atoms with Crippen LogP contribution in [0.5, 0.6) is 0 Å². The van der Waals surface area contributed by atoms with Gasteiger partial charge in [-0.2, -0.15) is 0 Å². The first-order valence-corrected chi connectivity index (χ1v) is 10.8. The Morgan fingerprint density at radius 1 is 1.04 bits per heavy atom. The second-order valence-electron chi connectivity index (χ2n) is 8.06. The number of amides is 1. The summed E-state index contributed by atoms with van der Waals surface area (Å²) >= 11 is 1.66. The zero-order valence-electron chi connectivity index (χ0n) is 16.9. The molecule has 4 nitrogen and oxygen atoms in total.